The van der Waals surface area contributed by atoms with Gasteiger partial charge in [-0.05, 0) is 19.1 Å². The van der Waals surface area contributed by atoms with Crippen molar-refractivity contribution in [2.24, 2.45) is 0 Å². The molecule has 0 unspecified atom stereocenters. The summed E-state index contributed by atoms with van der Waals surface area (Å²) in [7, 11) is 0. The molecule has 0 fully saturated rings. The number of hydrogen-bond acceptors (Lipinski definition) is 7. The number of pyridine rings is 1. The molecule has 1 aromatic carbocycles. The van der Waals surface area contributed by atoms with Crippen LogP contribution in [0.2, 0.25) is 5.02 Å². The van der Waals surface area contributed by atoms with E-state index in [2.05, 4.69) is 25.3 Å². The Bertz CT molecular complexity index is 1130. The predicted octanol–water partition coefficient (Wildman–Crippen LogP) is 4.49. The molecule has 4 aromatic rings. The lowest BCUT2D eigenvalue weighted by Crippen LogP contribution is -1.99. The highest BCUT2D eigenvalue weighted by Gasteiger charge is 2.19. The maximum Gasteiger partial charge on any atom is 0.151 e. The molecule has 2 N–H and O–H groups in total. The van der Waals surface area contributed by atoms with E-state index in [1.807, 2.05) is 6.92 Å². The fraction of sp³-hybridized carbons (Fsp3) is 0.111. The first kappa shape index (κ1) is 17.7. The van der Waals surface area contributed by atoms with Gasteiger partial charge in [-0.1, -0.05) is 17.7 Å². The topological polar surface area (TPSA) is 83.8 Å². The summed E-state index contributed by atoms with van der Waals surface area (Å²) >= 11 is 7.42. The second-order valence-corrected chi connectivity index (χ2v) is 7.16. The molecule has 3 heterocycles. The zero-order chi connectivity index (χ0) is 19.0. The molecule has 0 saturated carbocycles. The van der Waals surface area contributed by atoms with Crippen LogP contribution in [-0.4, -0.2) is 25.0 Å². The average molecular weight is 402 g/mol. The van der Waals surface area contributed by atoms with E-state index in [0.29, 0.717) is 32.4 Å². The number of rotatable bonds is 4. The van der Waals surface area contributed by atoms with E-state index < -0.39 is 5.82 Å². The van der Waals surface area contributed by atoms with Crippen molar-refractivity contribution in [1.82, 2.24) is 19.9 Å². The SMILES string of the molecule is Cc1cc(Nc2ncc(CO)c3nc(-c4c(F)cccc4Cl)sc23)ncn1. The van der Waals surface area contributed by atoms with Gasteiger partial charge in [-0.3, -0.25) is 0 Å². The van der Waals surface area contributed by atoms with Crippen LogP contribution in [0.3, 0.4) is 0 Å². The normalized spacial score (nSPS) is 11.1. The second-order valence-electron chi connectivity index (χ2n) is 5.75. The van der Waals surface area contributed by atoms with Crippen molar-refractivity contribution < 1.29 is 9.50 Å². The molecule has 3 aromatic heterocycles. The fourth-order valence-electron chi connectivity index (χ4n) is 2.62. The quantitative estimate of drug-likeness (QED) is 0.524. The molecule has 0 atom stereocenters. The molecule has 4 rings (SSSR count). The number of aliphatic hydroxyl groups is 1. The number of hydrogen-bond donors (Lipinski definition) is 2. The molecule has 136 valence electrons. The van der Waals surface area contributed by atoms with E-state index in [4.69, 9.17) is 11.6 Å². The van der Waals surface area contributed by atoms with Gasteiger partial charge in [0.25, 0.3) is 0 Å². The molecule has 0 saturated heterocycles. The first-order valence-corrected chi connectivity index (χ1v) is 9.15. The van der Waals surface area contributed by atoms with Crippen LogP contribution < -0.4 is 5.32 Å². The van der Waals surface area contributed by atoms with Crippen LogP contribution in [0.5, 0.6) is 0 Å². The lowest BCUT2D eigenvalue weighted by Gasteiger charge is -2.07. The number of aryl methyl sites for hydroxylation is 1. The average Bonchev–Trinajstić information content (AvgIpc) is 3.07. The van der Waals surface area contributed by atoms with Gasteiger partial charge in [0.15, 0.2) is 5.82 Å². The Morgan fingerprint density at radius 3 is 2.85 bits per heavy atom. The number of benzene rings is 1. The van der Waals surface area contributed by atoms with Crippen LogP contribution in [0.1, 0.15) is 11.3 Å². The zero-order valence-electron chi connectivity index (χ0n) is 14.1. The van der Waals surface area contributed by atoms with Crippen LogP contribution in [0.4, 0.5) is 16.0 Å². The molecule has 0 spiro atoms. The van der Waals surface area contributed by atoms with Crippen molar-refractivity contribution in [1.29, 1.82) is 0 Å². The summed E-state index contributed by atoms with van der Waals surface area (Å²) in [6.07, 6.45) is 2.99. The van der Waals surface area contributed by atoms with Crippen LogP contribution >= 0.6 is 22.9 Å². The lowest BCUT2D eigenvalue weighted by molar-refractivity contribution is 0.283. The molecule has 6 nitrogen and oxygen atoms in total. The summed E-state index contributed by atoms with van der Waals surface area (Å²) in [6, 6.07) is 6.27. The summed E-state index contributed by atoms with van der Waals surface area (Å²) in [6.45, 7) is 1.63. The van der Waals surface area contributed by atoms with Crippen molar-refractivity contribution in [3.05, 3.63) is 58.9 Å². The molecule has 0 aliphatic carbocycles. The van der Waals surface area contributed by atoms with E-state index in [1.165, 1.54) is 29.9 Å². The lowest BCUT2D eigenvalue weighted by atomic mass is 10.2. The van der Waals surface area contributed by atoms with Crippen molar-refractivity contribution in [3.8, 4) is 10.6 Å². The summed E-state index contributed by atoms with van der Waals surface area (Å²) in [5.74, 6) is 0.629. The molecule has 0 aliphatic rings. The molecule has 0 radical (unpaired) electrons. The molecular weight excluding hydrogens is 389 g/mol. The molecular formula is C18H13ClFN5OS. The first-order valence-electron chi connectivity index (χ1n) is 7.96. The van der Waals surface area contributed by atoms with Gasteiger partial charge in [0.2, 0.25) is 0 Å². The largest absolute Gasteiger partial charge is 0.392 e. The van der Waals surface area contributed by atoms with Gasteiger partial charge in [-0.2, -0.15) is 0 Å². The van der Waals surface area contributed by atoms with Crippen molar-refractivity contribution in [2.45, 2.75) is 13.5 Å². The van der Waals surface area contributed by atoms with Gasteiger partial charge in [0.1, 0.15) is 23.0 Å². The van der Waals surface area contributed by atoms with Gasteiger partial charge >= 0.3 is 0 Å². The molecule has 0 aliphatic heterocycles. The maximum absolute atomic E-state index is 14.3. The standard InChI is InChI=1S/C18H13ClFN5OS/c1-9-5-13(23-8-22-9)24-17-16-15(10(7-26)6-21-17)25-18(27-16)14-11(19)3-2-4-12(14)20/h2-6,8,26H,7H2,1H3,(H,21,22,23,24). The predicted molar refractivity (Wildman–Crippen MR) is 104 cm³/mol. The Hall–Kier alpha value is -2.68. The highest BCUT2D eigenvalue weighted by atomic mass is 35.5. The van der Waals surface area contributed by atoms with Gasteiger partial charge in [-0.25, -0.2) is 24.3 Å². The minimum absolute atomic E-state index is 0.230. The second kappa shape index (κ2) is 7.15. The highest BCUT2D eigenvalue weighted by Crippen LogP contribution is 2.39. The van der Waals surface area contributed by atoms with E-state index in [9.17, 15) is 9.50 Å². The van der Waals surface area contributed by atoms with Gasteiger partial charge in [0.05, 0.1) is 27.4 Å². The third-order valence-corrected chi connectivity index (χ3v) is 5.29. The number of aromatic nitrogens is 4. The highest BCUT2D eigenvalue weighted by molar-refractivity contribution is 7.22. The Balaban J connectivity index is 1.88. The molecule has 0 amide bonds. The summed E-state index contributed by atoms with van der Waals surface area (Å²) in [4.78, 5) is 17.1. The van der Waals surface area contributed by atoms with E-state index in [0.717, 1.165) is 5.69 Å². The number of aliphatic hydroxyl groups excluding tert-OH is 1. The Morgan fingerprint density at radius 2 is 2.11 bits per heavy atom. The number of thiazole rings is 1. The Labute approximate surface area is 162 Å². The van der Waals surface area contributed by atoms with E-state index in [1.54, 1.807) is 18.2 Å². The van der Waals surface area contributed by atoms with Gasteiger partial charge in [-0.15, -0.1) is 11.3 Å². The van der Waals surface area contributed by atoms with Crippen molar-refractivity contribution in [3.63, 3.8) is 0 Å². The van der Waals surface area contributed by atoms with Crippen LogP contribution in [0, 0.1) is 12.7 Å². The molecule has 0 bridgehead atoms. The Kier molecular flexibility index (Phi) is 4.69. The number of nitrogens with one attached hydrogen (secondary N) is 1. The summed E-state index contributed by atoms with van der Waals surface area (Å²) in [5, 5.41) is 13.4. The van der Waals surface area contributed by atoms with Gasteiger partial charge in [0, 0.05) is 23.5 Å². The number of anilines is 2. The number of nitrogens with zero attached hydrogens (tertiary/aromatic N) is 4. The minimum atomic E-state index is -0.457. The van der Waals surface area contributed by atoms with Crippen LogP contribution in [0.25, 0.3) is 20.8 Å². The molecule has 9 heteroatoms. The maximum atomic E-state index is 14.3. The Morgan fingerprint density at radius 1 is 1.26 bits per heavy atom. The van der Waals surface area contributed by atoms with Crippen LogP contribution in [-0.2, 0) is 6.61 Å². The monoisotopic (exact) mass is 401 g/mol. The summed E-state index contributed by atoms with van der Waals surface area (Å²) in [5.41, 5.74) is 2.12. The van der Waals surface area contributed by atoms with E-state index in [-0.39, 0.29) is 17.2 Å². The fourth-order valence-corrected chi connectivity index (χ4v) is 4.04. The van der Waals surface area contributed by atoms with Crippen molar-refractivity contribution >= 4 is 44.8 Å². The minimum Gasteiger partial charge on any atom is -0.392 e. The van der Waals surface area contributed by atoms with E-state index >= 15 is 0 Å². The zero-order valence-corrected chi connectivity index (χ0v) is 15.6. The first-order chi connectivity index (χ1) is 13.1. The van der Waals surface area contributed by atoms with Gasteiger partial charge < -0.3 is 10.4 Å². The van der Waals surface area contributed by atoms with Crippen molar-refractivity contribution in [2.75, 3.05) is 5.32 Å². The number of halogens is 2. The smallest absolute Gasteiger partial charge is 0.151 e. The van der Waals surface area contributed by atoms with Crippen LogP contribution in [0.15, 0.2) is 36.8 Å². The summed E-state index contributed by atoms with van der Waals surface area (Å²) < 4.78 is 15.0. The third kappa shape index (κ3) is 3.34. The third-order valence-electron chi connectivity index (χ3n) is 3.89. The number of fused-ring (bicyclic) bond motifs is 1. The molecule has 27 heavy (non-hydrogen) atoms.